The van der Waals surface area contributed by atoms with Gasteiger partial charge in [-0.3, -0.25) is 0 Å². The minimum Gasteiger partial charge on any atom is -0.497 e. The smallest absolute Gasteiger partial charge is 0.417 e. The first kappa shape index (κ1) is 19.8. The molecule has 1 N–H and O–H groups in total. The van der Waals surface area contributed by atoms with E-state index in [4.69, 9.17) is 14.2 Å². The molecule has 6 nitrogen and oxygen atoms in total. The highest BCUT2D eigenvalue weighted by molar-refractivity contribution is 5.82. The van der Waals surface area contributed by atoms with E-state index in [0.29, 0.717) is 17.1 Å². The number of carbonyl (C=O) groups is 1. The summed E-state index contributed by atoms with van der Waals surface area (Å²) in [6.45, 7) is 1.75. The molecule has 2 atom stereocenters. The number of halogens is 3. The number of cyclic esters (lactones) is 1. The Morgan fingerprint density at radius 1 is 1.18 bits per heavy atom. The van der Waals surface area contributed by atoms with Gasteiger partial charge >= 0.3 is 12.1 Å². The van der Waals surface area contributed by atoms with Crippen molar-refractivity contribution in [2.24, 2.45) is 0 Å². The average Bonchev–Trinajstić information content (AvgIpc) is 2.95. The number of ether oxygens (including phenoxy) is 3. The highest BCUT2D eigenvalue weighted by Gasteiger charge is 2.45. The number of pyridine rings is 1. The normalized spacial score (nSPS) is 21.9. The monoisotopic (exact) mass is 396 g/mol. The lowest BCUT2D eigenvalue weighted by atomic mass is 9.91. The van der Waals surface area contributed by atoms with Crippen LogP contribution in [0.3, 0.4) is 0 Å². The van der Waals surface area contributed by atoms with Crippen LogP contribution in [0.1, 0.15) is 24.5 Å². The molecule has 9 heteroatoms. The van der Waals surface area contributed by atoms with Crippen LogP contribution in [-0.2, 0) is 21.3 Å². The molecule has 2 heterocycles. The van der Waals surface area contributed by atoms with E-state index >= 15 is 0 Å². The van der Waals surface area contributed by atoms with Gasteiger partial charge in [0.2, 0.25) is 0 Å². The largest absolute Gasteiger partial charge is 0.497 e. The second-order valence-corrected chi connectivity index (χ2v) is 6.58. The van der Waals surface area contributed by atoms with Crippen LogP contribution in [0.4, 0.5) is 19.0 Å². The van der Waals surface area contributed by atoms with Gasteiger partial charge in [0, 0.05) is 24.2 Å². The summed E-state index contributed by atoms with van der Waals surface area (Å²) in [5.74, 6) is 0.730. The summed E-state index contributed by atoms with van der Waals surface area (Å²) in [5, 5.41) is 2.84. The zero-order valence-electron chi connectivity index (χ0n) is 15.5. The van der Waals surface area contributed by atoms with Crippen LogP contribution in [0.15, 0.2) is 36.5 Å². The molecule has 1 saturated heterocycles. The van der Waals surface area contributed by atoms with Gasteiger partial charge in [-0.2, -0.15) is 13.2 Å². The van der Waals surface area contributed by atoms with Gasteiger partial charge in [0.05, 0.1) is 19.8 Å². The summed E-state index contributed by atoms with van der Waals surface area (Å²) >= 11 is 0. The molecule has 1 aromatic carbocycles. The Bertz CT molecular complexity index is 848. The van der Waals surface area contributed by atoms with Crippen LogP contribution in [-0.4, -0.2) is 31.2 Å². The van der Waals surface area contributed by atoms with E-state index in [1.54, 1.807) is 25.1 Å². The molecule has 150 valence electrons. The molecular weight excluding hydrogens is 377 g/mol. The van der Waals surface area contributed by atoms with Gasteiger partial charge in [0.15, 0.2) is 0 Å². The van der Waals surface area contributed by atoms with Gasteiger partial charge < -0.3 is 19.5 Å². The fraction of sp³-hybridized carbons (Fsp3) is 0.368. The van der Waals surface area contributed by atoms with E-state index in [1.165, 1.54) is 20.3 Å². The number of hydrogen-bond donors (Lipinski definition) is 1. The maximum atomic E-state index is 12.6. The van der Waals surface area contributed by atoms with E-state index in [2.05, 4.69) is 10.3 Å². The molecule has 3 rings (SSSR count). The van der Waals surface area contributed by atoms with Crippen molar-refractivity contribution in [2.75, 3.05) is 19.5 Å². The van der Waals surface area contributed by atoms with E-state index in [-0.39, 0.29) is 12.2 Å². The Morgan fingerprint density at radius 3 is 2.32 bits per heavy atom. The first-order valence-corrected chi connectivity index (χ1v) is 8.41. The molecule has 1 aromatic heterocycles. The Balaban J connectivity index is 1.79. The van der Waals surface area contributed by atoms with Gasteiger partial charge in [-0.1, -0.05) is 0 Å². The predicted octanol–water partition coefficient (Wildman–Crippen LogP) is 3.76. The lowest BCUT2D eigenvalue weighted by Gasteiger charge is -2.24. The van der Waals surface area contributed by atoms with Crippen molar-refractivity contribution in [2.45, 2.75) is 31.2 Å². The molecule has 2 unspecified atom stereocenters. The van der Waals surface area contributed by atoms with E-state index in [1.807, 2.05) is 0 Å². The van der Waals surface area contributed by atoms with Crippen molar-refractivity contribution in [3.05, 3.63) is 47.7 Å². The molecule has 0 radical (unpaired) electrons. The maximum absolute atomic E-state index is 12.6. The fourth-order valence-corrected chi connectivity index (χ4v) is 3.03. The molecule has 0 aliphatic carbocycles. The number of esters is 1. The van der Waals surface area contributed by atoms with Gasteiger partial charge in [-0.15, -0.1) is 0 Å². The number of hydrogen-bond acceptors (Lipinski definition) is 6. The number of aromatic nitrogens is 1. The molecule has 0 bridgehead atoms. The molecule has 0 amide bonds. The number of nitrogens with zero attached hydrogens (tertiary/aromatic N) is 1. The number of rotatable bonds is 5. The van der Waals surface area contributed by atoms with Crippen molar-refractivity contribution in [1.82, 2.24) is 4.98 Å². The number of anilines is 1. The van der Waals surface area contributed by atoms with Gasteiger partial charge in [-0.25, -0.2) is 9.78 Å². The number of alkyl halides is 3. The van der Waals surface area contributed by atoms with Crippen molar-refractivity contribution in [1.29, 1.82) is 0 Å². The molecule has 1 aliphatic rings. The van der Waals surface area contributed by atoms with Crippen LogP contribution in [0.2, 0.25) is 0 Å². The lowest BCUT2D eigenvalue weighted by molar-refractivity contribution is -0.148. The second-order valence-electron chi connectivity index (χ2n) is 6.58. The topological polar surface area (TPSA) is 69.7 Å². The number of benzene rings is 1. The van der Waals surface area contributed by atoms with Crippen LogP contribution < -0.4 is 14.8 Å². The van der Waals surface area contributed by atoms with Crippen molar-refractivity contribution in [3.63, 3.8) is 0 Å². The van der Waals surface area contributed by atoms with Crippen LogP contribution in [0, 0.1) is 0 Å². The van der Waals surface area contributed by atoms with Crippen LogP contribution >= 0.6 is 0 Å². The maximum Gasteiger partial charge on any atom is 0.417 e. The predicted molar refractivity (Wildman–Crippen MR) is 94.3 cm³/mol. The summed E-state index contributed by atoms with van der Waals surface area (Å²) in [4.78, 5) is 16.1. The van der Waals surface area contributed by atoms with Gasteiger partial charge in [0.1, 0.15) is 29.0 Å². The van der Waals surface area contributed by atoms with Crippen molar-refractivity contribution < 1.29 is 32.2 Å². The Labute approximate surface area is 159 Å². The average molecular weight is 396 g/mol. The Morgan fingerprint density at radius 2 is 1.82 bits per heavy atom. The van der Waals surface area contributed by atoms with Gasteiger partial charge in [0.25, 0.3) is 0 Å². The van der Waals surface area contributed by atoms with Crippen LogP contribution in [0.5, 0.6) is 11.5 Å². The van der Waals surface area contributed by atoms with Crippen LogP contribution in [0.25, 0.3) is 0 Å². The first-order chi connectivity index (χ1) is 13.1. The first-order valence-electron chi connectivity index (χ1n) is 8.41. The zero-order valence-corrected chi connectivity index (χ0v) is 15.5. The number of methoxy groups -OCH3 is 2. The highest BCUT2D eigenvalue weighted by atomic mass is 19.4. The van der Waals surface area contributed by atoms with E-state index in [9.17, 15) is 18.0 Å². The summed E-state index contributed by atoms with van der Waals surface area (Å²) in [6.07, 6.45) is -3.50. The molecule has 1 aliphatic heterocycles. The zero-order chi connectivity index (χ0) is 20.5. The quantitative estimate of drug-likeness (QED) is 0.777. The molecule has 0 saturated carbocycles. The third-order valence-corrected chi connectivity index (χ3v) is 4.58. The lowest BCUT2D eigenvalue weighted by Crippen LogP contribution is -2.25. The Kier molecular flexibility index (Phi) is 5.10. The summed E-state index contributed by atoms with van der Waals surface area (Å²) < 4.78 is 54.0. The molecule has 1 fully saturated rings. The number of carbonyl (C=O) groups excluding carboxylic acids is 1. The third kappa shape index (κ3) is 3.97. The van der Waals surface area contributed by atoms with Gasteiger partial charge in [-0.05, 0) is 31.2 Å². The summed E-state index contributed by atoms with van der Waals surface area (Å²) in [7, 11) is 3.03. The van der Waals surface area contributed by atoms with E-state index in [0.717, 1.165) is 12.3 Å². The minimum absolute atomic E-state index is 0.155. The van der Waals surface area contributed by atoms with Crippen molar-refractivity contribution in [3.8, 4) is 11.5 Å². The highest BCUT2D eigenvalue weighted by Crippen LogP contribution is 2.40. The summed E-state index contributed by atoms with van der Waals surface area (Å²) in [6, 6.07) is 6.52. The Hall–Kier alpha value is -2.97. The number of nitrogens with one attached hydrogen (secondary N) is 1. The SMILES string of the molecule is COc1cc(OC)cc(C2(C)CC(Nc3ccc(C(F)(F)F)cn3)C(=O)O2)c1. The molecule has 0 spiro atoms. The standard InChI is InChI=1S/C19H19F3N2O4/c1-18(12-6-13(26-2)8-14(7-12)27-3)9-15(17(25)28-18)24-16-5-4-11(10-23-16)19(20,21)22/h4-8,10,15H,9H2,1-3H3,(H,23,24). The third-order valence-electron chi connectivity index (χ3n) is 4.58. The fourth-order valence-electron chi connectivity index (χ4n) is 3.03. The molecule has 28 heavy (non-hydrogen) atoms. The molecule has 2 aromatic rings. The van der Waals surface area contributed by atoms with Crippen molar-refractivity contribution >= 4 is 11.8 Å². The van der Waals surface area contributed by atoms with E-state index < -0.39 is 29.4 Å². The summed E-state index contributed by atoms with van der Waals surface area (Å²) in [5.41, 5.74) is -1.13. The second kappa shape index (κ2) is 7.21. The minimum atomic E-state index is -4.47. The molecular formula is C19H19F3N2O4.